The zero-order chi connectivity index (χ0) is 14.9. The summed E-state index contributed by atoms with van der Waals surface area (Å²) in [6, 6.07) is 7.53. The molecule has 4 nitrogen and oxygen atoms in total. The summed E-state index contributed by atoms with van der Waals surface area (Å²) < 4.78 is 14.9. The SMILES string of the molecule is Cc1nn(C)c(F)c1C(=O)Nc1ccccc1C(C)C. The van der Waals surface area contributed by atoms with Crippen LogP contribution < -0.4 is 5.32 Å². The van der Waals surface area contributed by atoms with Crippen molar-refractivity contribution in [3.63, 3.8) is 0 Å². The number of hydrogen-bond donors (Lipinski definition) is 1. The molecule has 0 spiro atoms. The van der Waals surface area contributed by atoms with Crippen LogP contribution in [0.1, 0.15) is 41.4 Å². The Morgan fingerprint density at radius 3 is 2.55 bits per heavy atom. The van der Waals surface area contributed by atoms with Gasteiger partial charge in [0.25, 0.3) is 5.91 Å². The molecule has 1 heterocycles. The van der Waals surface area contributed by atoms with Crippen LogP contribution in [-0.2, 0) is 7.05 Å². The van der Waals surface area contributed by atoms with Gasteiger partial charge in [-0.05, 0) is 24.5 Å². The van der Waals surface area contributed by atoms with Crippen molar-refractivity contribution in [2.24, 2.45) is 7.05 Å². The van der Waals surface area contributed by atoms with Crippen LogP contribution >= 0.6 is 0 Å². The Morgan fingerprint density at radius 2 is 2.00 bits per heavy atom. The third kappa shape index (κ3) is 2.57. The molecule has 0 bridgehead atoms. The van der Waals surface area contributed by atoms with E-state index < -0.39 is 11.9 Å². The summed E-state index contributed by atoms with van der Waals surface area (Å²) in [4.78, 5) is 12.2. The third-order valence-corrected chi connectivity index (χ3v) is 3.21. The van der Waals surface area contributed by atoms with Crippen molar-refractivity contribution in [3.8, 4) is 0 Å². The fourth-order valence-corrected chi connectivity index (χ4v) is 2.19. The van der Waals surface area contributed by atoms with Gasteiger partial charge in [-0.3, -0.25) is 4.79 Å². The van der Waals surface area contributed by atoms with E-state index in [1.165, 1.54) is 7.05 Å². The van der Waals surface area contributed by atoms with Gasteiger partial charge >= 0.3 is 0 Å². The third-order valence-electron chi connectivity index (χ3n) is 3.21. The Balaban J connectivity index is 2.33. The summed E-state index contributed by atoms with van der Waals surface area (Å²) in [7, 11) is 1.47. The molecule has 0 unspecified atom stereocenters. The number of halogens is 1. The molecule has 20 heavy (non-hydrogen) atoms. The van der Waals surface area contributed by atoms with Crippen molar-refractivity contribution in [1.29, 1.82) is 0 Å². The predicted octanol–water partition coefficient (Wildman–Crippen LogP) is 3.24. The first kappa shape index (κ1) is 14.2. The molecule has 106 valence electrons. The second-order valence-corrected chi connectivity index (χ2v) is 5.07. The van der Waals surface area contributed by atoms with Gasteiger partial charge in [-0.15, -0.1) is 0 Å². The highest BCUT2D eigenvalue weighted by Gasteiger charge is 2.21. The van der Waals surface area contributed by atoms with E-state index in [0.717, 1.165) is 10.2 Å². The standard InChI is InChI=1S/C15H18FN3O/c1-9(2)11-7-5-6-8-12(11)17-15(20)13-10(3)18-19(4)14(13)16/h5-9H,1-4H3,(H,17,20). The van der Waals surface area contributed by atoms with Crippen LogP contribution in [0.25, 0.3) is 0 Å². The second-order valence-electron chi connectivity index (χ2n) is 5.07. The maximum Gasteiger partial charge on any atom is 0.262 e. The largest absolute Gasteiger partial charge is 0.322 e. The number of hydrogen-bond acceptors (Lipinski definition) is 2. The van der Waals surface area contributed by atoms with Gasteiger partial charge in [0.1, 0.15) is 5.56 Å². The van der Waals surface area contributed by atoms with Gasteiger partial charge in [-0.2, -0.15) is 9.49 Å². The van der Waals surface area contributed by atoms with E-state index in [1.807, 2.05) is 38.1 Å². The highest BCUT2D eigenvalue weighted by molar-refractivity contribution is 6.05. The molecule has 0 saturated carbocycles. The summed E-state index contributed by atoms with van der Waals surface area (Å²) in [6.07, 6.45) is 0. The van der Waals surface area contributed by atoms with Crippen LogP contribution in [0.5, 0.6) is 0 Å². The zero-order valence-corrected chi connectivity index (χ0v) is 12.1. The molecule has 0 fully saturated rings. The minimum Gasteiger partial charge on any atom is -0.322 e. The second kappa shape index (κ2) is 5.45. The maximum atomic E-state index is 13.9. The summed E-state index contributed by atoms with van der Waals surface area (Å²) in [6.45, 7) is 5.70. The quantitative estimate of drug-likeness (QED) is 0.934. The van der Waals surface area contributed by atoms with E-state index in [-0.39, 0.29) is 11.5 Å². The zero-order valence-electron chi connectivity index (χ0n) is 12.1. The molecule has 0 radical (unpaired) electrons. The number of carbonyl (C=O) groups excluding carboxylic acids is 1. The van der Waals surface area contributed by atoms with Crippen LogP contribution in [0.2, 0.25) is 0 Å². The van der Waals surface area contributed by atoms with Crippen molar-refractivity contribution in [3.05, 3.63) is 47.0 Å². The predicted molar refractivity (Wildman–Crippen MR) is 76.4 cm³/mol. The summed E-state index contributed by atoms with van der Waals surface area (Å²) >= 11 is 0. The molecule has 0 aliphatic heterocycles. The van der Waals surface area contributed by atoms with Gasteiger partial charge in [0.2, 0.25) is 5.95 Å². The molecule has 2 rings (SSSR count). The number of para-hydroxylation sites is 1. The molecule has 0 atom stereocenters. The Labute approximate surface area is 117 Å². The van der Waals surface area contributed by atoms with Crippen LogP contribution in [0, 0.1) is 12.9 Å². The fraction of sp³-hybridized carbons (Fsp3) is 0.333. The van der Waals surface area contributed by atoms with Crippen LogP contribution in [0.4, 0.5) is 10.1 Å². The number of amides is 1. The summed E-state index contributed by atoms with van der Waals surface area (Å²) in [5.74, 6) is -0.824. The topological polar surface area (TPSA) is 46.9 Å². The first-order valence-electron chi connectivity index (χ1n) is 6.51. The average Bonchev–Trinajstić information content (AvgIpc) is 2.63. The van der Waals surface area contributed by atoms with Crippen molar-refractivity contribution in [1.82, 2.24) is 9.78 Å². The number of aromatic nitrogens is 2. The van der Waals surface area contributed by atoms with Gasteiger partial charge in [0, 0.05) is 12.7 Å². The first-order chi connectivity index (χ1) is 9.41. The monoisotopic (exact) mass is 275 g/mol. The summed E-state index contributed by atoms with van der Waals surface area (Å²) in [5.41, 5.74) is 2.09. The molecule has 1 amide bonds. The van der Waals surface area contributed by atoms with Gasteiger partial charge in [0.15, 0.2) is 0 Å². The average molecular weight is 275 g/mol. The van der Waals surface area contributed by atoms with Gasteiger partial charge in [-0.1, -0.05) is 32.0 Å². The lowest BCUT2D eigenvalue weighted by atomic mass is 10.0. The lowest BCUT2D eigenvalue weighted by Gasteiger charge is -2.13. The molecule has 0 aliphatic rings. The normalized spacial score (nSPS) is 10.9. The van der Waals surface area contributed by atoms with Gasteiger partial charge in [0.05, 0.1) is 5.69 Å². The number of nitrogens with one attached hydrogen (secondary N) is 1. The minimum absolute atomic E-state index is 0.00828. The van der Waals surface area contributed by atoms with Crippen molar-refractivity contribution >= 4 is 11.6 Å². The maximum absolute atomic E-state index is 13.9. The number of aryl methyl sites for hydroxylation is 2. The Kier molecular flexibility index (Phi) is 3.88. The molecular formula is C15H18FN3O. The smallest absolute Gasteiger partial charge is 0.262 e. The number of anilines is 1. The van der Waals surface area contributed by atoms with E-state index in [4.69, 9.17) is 0 Å². The minimum atomic E-state index is -0.623. The highest BCUT2D eigenvalue weighted by Crippen LogP contribution is 2.24. The lowest BCUT2D eigenvalue weighted by Crippen LogP contribution is -2.16. The molecule has 0 saturated heterocycles. The molecular weight excluding hydrogens is 257 g/mol. The van der Waals surface area contributed by atoms with Gasteiger partial charge < -0.3 is 5.32 Å². The van der Waals surface area contributed by atoms with E-state index in [9.17, 15) is 9.18 Å². The van der Waals surface area contributed by atoms with Crippen molar-refractivity contribution < 1.29 is 9.18 Å². The molecule has 0 aliphatic carbocycles. The molecule has 1 N–H and O–H groups in total. The molecule has 1 aromatic heterocycles. The van der Waals surface area contributed by atoms with E-state index in [1.54, 1.807) is 6.92 Å². The Morgan fingerprint density at radius 1 is 1.35 bits per heavy atom. The van der Waals surface area contributed by atoms with Crippen LogP contribution in [-0.4, -0.2) is 15.7 Å². The first-order valence-corrected chi connectivity index (χ1v) is 6.51. The van der Waals surface area contributed by atoms with Crippen LogP contribution in [0.15, 0.2) is 24.3 Å². The summed E-state index contributed by atoms with van der Waals surface area (Å²) in [5, 5.41) is 6.68. The van der Waals surface area contributed by atoms with E-state index in [2.05, 4.69) is 10.4 Å². The Bertz CT molecular complexity index is 647. The van der Waals surface area contributed by atoms with Crippen LogP contribution in [0.3, 0.4) is 0 Å². The van der Waals surface area contributed by atoms with Crippen molar-refractivity contribution in [2.45, 2.75) is 26.7 Å². The van der Waals surface area contributed by atoms with E-state index in [0.29, 0.717) is 11.4 Å². The van der Waals surface area contributed by atoms with Gasteiger partial charge in [-0.25, -0.2) is 4.68 Å². The number of nitrogens with zero attached hydrogens (tertiary/aromatic N) is 2. The molecule has 1 aromatic carbocycles. The number of benzene rings is 1. The molecule has 5 heteroatoms. The highest BCUT2D eigenvalue weighted by atomic mass is 19.1. The fourth-order valence-electron chi connectivity index (χ4n) is 2.19. The van der Waals surface area contributed by atoms with E-state index >= 15 is 0 Å². The Hall–Kier alpha value is -2.17. The number of rotatable bonds is 3. The molecule has 2 aromatic rings. The van der Waals surface area contributed by atoms with Crippen molar-refractivity contribution in [2.75, 3.05) is 5.32 Å². The lowest BCUT2D eigenvalue weighted by molar-refractivity contribution is 0.102. The number of carbonyl (C=O) groups is 1.